The van der Waals surface area contributed by atoms with E-state index in [4.69, 9.17) is 37.4 Å². The Morgan fingerprint density at radius 2 is 1.97 bits per heavy atom. The topological polar surface area (TPSA) is 60.9 Å². The predicted octanol–water partition coefficient (Wildman–Crippen LogP) is 4.61. The average Bonchev–Trinajstić information content (AvgIpc) is 2.78. The fraction of sp³-hybridized carbons (Fsp3) is 0.304. The van der Waals surface area contributed by atoms with E-state index in [9.17, 15) is 4.79 Å². The molecule has 0 amide bonds. The van der Waals surface area contributed by atoms with Gasteiger partial charge in [0.15, 0.2) is 0 Å². The summed E-state index contributed by atoms with van der Waals surface area (Å²) >= 11 is 12.3. The fourth-order valence-corrected chi connectivity index (χ4v) is 3.81. The van der Waals surface area contributed by atoms with Crippen molar-refractivity contribution < 1.29 is 19.0 Å². The van der Waals surface area contributed by atoms with E-state index in [0.717, 1.165) is 38.4 Å². The van der Waals surface area contributed by atoms with E-state index in [1.165, 1.54) is 6.20 Å². The summed E-state index contributed by atoms with van der Waals surface area (Å²) in [5.74, 6) is -0.155. The van der Waals surface area contributed by atoms with Crippen molar-refractivity contribution in [1.82, 2.24) is 9.88 Å². The van der Waals surface area contributed by atoms with Gasteiger partial charge in [-0.3, -0.25) is 9.88 Å². The van der Waals surface area contributed by atoms with Crippen molar-refractivity contribution in [3.05, 3.63) is 69.8 Å². The summed E-state index contributed by atoms with van der Waals surface area (Å²) in [5.41, 5.74) is 1.58. The summed E-state index contributed by atoms with van der Waals surface area (Å²) in [7, 11) is 0. The van der Waals surface area contributed by atoms with Crippen LogP contribution in [0.15, 0.2) is 48.7 Å². The van der Waals surface area contributed by atoms with Crippen LogP contribution in [0.5, 0.6) is 5.75 Å². The van der Waals surface area contributed by atoms with Gasteiger partial charge in [0.25, 0.3) is 0 Å². The van der Waals surface area contributed by atoms with Gasteiger partial charge >= 0.3 is 5.97 Å². The molecule has 1 fully saturated rings. The van der Waals surface area contributed by atoms with Crippen LogP contribution >= 0.6 is 23.2 Å². The lowest BCUT2D eigenvalue weighted by molar-refractivity contribution is 0.0180. The highest BCUT2D eigenvalue weighted by molar-refractivity contribution is 6.35. The molecule has 0 aliphatic carbocycles. The number of carbonyl (C=O) groups excluding carboxylic acids is 1. The maximum absolute atomic E-state index is 12.9. The molecule has 6 nitrogen and oxygen atoms in total. The Hall–Kier alpha value is -2.22. The molecule has 0 bridgehead atoms. The lowest BCUT2D eigenvalue weighted by Gasteiger charge is -2.26. The number of hydrogen-bond donors (Lipinski definition) is 0. The third kappa shape index (κ3) is 5.73. The third-order valence-corrected chi connectivity index (χ3v) is 5.53. The molecule has 162 valence electrons. The maximum Gasteiger partial charge on any atom is 0.347 e. The van der Waals surface area contributed by atoms with Crippen molar-refractivity contribution in [2.45, 2.75) is 6.61 Å². The molecule has 0 spiro atoms. The number of rotatable bonds is 7. The SMILES string of the molecule is O=C(Oc1cccc(COCCN2CCOCC2)c1)c1c(Cl)ccc2cc(Cl)cnc12. The van der Waals surface area contributed by atoms with Crippen molar-refractivity contribution in [3.63, 3.8) is 0 Å². The molecule has 0 unspecified atom stereocenters. The van der Waals surface area contributed by atoms with Crippen molar-refractivity contribution >= 4 is 40.1 Å². The largest absolute Gasteiger partial charge is 0.423 e. The quantitative estimate of drug-likeness (QED) is 0.291. The summed E-state index contributed by atoms with van der Waals surface area (Å²) in [6.07, 6.45) is 1.48. The number of aromatic nitrogens is 1. The molecule has 31 heavy (non-hydrogen) atoms. The molecule has 2 aromatic carbocycles. The van der Waals surface area contributed by atoms with Gasteiger partial charge in [-0.1, -0.05) is 41.4 Å². The zero-order valence-corrected chi connectivity index (χ0v) is 18.4. The summed E-state index contributed by atoms with van der Waals surface area (Å²) in [4.78, 5) is 19.4. The minimum Gasteiger partial charge on any atom is -0.423 e. The number of ether oxygens (including phenoxy) is 3. The molecule has 1 aromatic heterocycles. The molecule has 1 aliphatic rings. The highest BCUT2D eigenvalue weighted by Crippen LogP contribution is 2.28. The summed E-state index contributed by atoms with van der Waals surface area (Å²) in [6, 6.07) is 12.4. The Kier molecular flexibility index (Phi) is 7.37. The van der Waals surface area contributed by atoms with Gasteiger partial charge in [-0.2, -0.15) is 0 Å². The van der Waals surface area contributed by atoms with E-state index in [0.29, 0.717) is 34.9 Å². The highest BCUT2D eigenvalue weighted by atomic mass is 35.5. The Morgan fingerprint density at radius 3 is 2.81 bits per heavy atom. The van der Waals surface area contributed by atoms with Gasteiger partial charge in [0, 0.05) is 31.2 Å². The molecule has 4 rings (SSSR count). The smallest absolute Gasteiger partial charge is 0.347 e. The summed E-state index contributed by atoms with van der Waals surface area (Å²) < 4.78 is 16.7. The molecule has 0 N–H and O–H groups in total. The predicted molar refractivity (Wildman–Crippen MR) is 120 cm³/mol. The second-order valence-electron chi connectivity index (χ2n) is 7.19. The zero-order valence-electron chi connectivity index (χ0n) is 16.9. The molecule has 8 heteroatoms. The van der Waals surface area contributed by atoms with Crippen LogP contribution in [-0.2, 0) is 16.1 Å². The van der Waals surface area contributed by atoms with Crippen LogP contribution in [-0.4, -0.2) is 55.3 Å². The van der Waals surface area contributed by atoms with Crippen molar-refractivity contribution in [2.75, 3.05) is 39.5 Å². The first-order valence-corrected chi connectivity index (χ1v) is 10.8. The molecular weight excluding hydrogens is 439 g/mol. The van der Waals surface area contributed by atoms with E-state index >= 15 is 0 Å². The second kappa shape index (κ2) is 10.4. The molecule has 3 aromatic rings. The minimum absolute atomic E-state index is 0.211. The molecule has 2 heterocycles. The van der Waals surface area contributed by atoms with E-state index in [1.807, 2.05) is 12.1 Å². The van der Waals surface area contributed by atoms with Crippen LogP contribution < -0.4 is 4.74 Å². The number of nitrogens with zero attached hydrogens (tertiary/aromatic N) is 2. The molecule has 1 aliphatic heterocycles. The number of benzene rings is 2. The Balaban J connectivity index is 1.39. The first-order valence-electron chi connectivity index (χ1n) is 10.0. The van der Waals surface area contributed by atoms with Gasteiger partial charge in [0.2, 0.25) is 0 Å². The monoisotopic (exact) mass is 460 g/mol. The van der Waals surface area contributed by atoms with Gasteiger partial charge in [-0.25, -0.2) is 4.79 Å². The Labute approximate surface area is 190 Å². The zero-order chi connectivity index (χ0) is 21.6. The van der Waals surface area contributed by atoms with Crippen LogP contribution in [0.25, 0.3) is 10.9 Å². The number of esters is 1. The minimum atomic E-state index is -0.573. The van der Waals surface area contributed by atoms with Crippen LogP contribution in [0.2, 0.25) is 10.0 Å². The van der Waals surface area contributed by atoms with Crippen LogP contribution in [0, 0.1) is 0 Å². The third-order valence-electron chi connectivity index (χ3n) is 5.01. The molecule has 1 saturated heterocycles. The van der Waals surface area contributed by atoms with Gasteiger partial charge in [-0.15, -0.1) is 0 Å². The highest BCUT2D eigenvalue weighted by Gasteiger charge is 2.18. The Bertz CT molecular complexity index is 1070. The maximum atomic E-state index is 12.9. The summed E-state index contributed by atoms with van der Waals surface area (Å²) in [6.45, 7) is 5.36. The summed E-state index contributed by atoms with van der Waals surface area (Å²) in [5, 5.41) is 1.47. The second-order valence-corrected chi connectivity index (χ2v) is 8.03. The number of pyridine rings is 1. The molecule has 0 radical (unpaired) electrons. The lowest BCUT2D eigenvalue weighted by atomic mass is 10.1. The van der Waals surface area contributed by atoms with Gasteiger partial charge in [0.1, 0.15) is 11.3 Å². The molecular formula is C23H22Cl2N2O4. The first-order chi connectivity index (χ1) is 15.1. The van der Waals surface area contributed by atoms with E-state index in [1.54, 1.807) is 30.3 Å². The van der Waals surface area contributed by atoms with E-state index < -0.39 is 5.97 Å². The van der Waals surface area contributed by atoms with Crippen LogP contribution in [0.4, 0.5) is 0 Å². The number of hydrogen-bond acceptors (Lipinski definition) is 6. The normalized spacial score (nSPS) is 14.6. The van der Waals surface area contributed by atoms with Crippen LogP contribution in [0.3, 0.4) is 0 Å². The number of fused-ring (bicyclic) bond motifs is 1. The first kappa shape index (κ1) is 22.0. The van der Waals surface area contributed by atoms with Crippen LogP contribution in [0.1, 0.15) is 15.9 Å². The standard InChI is InChI=1S/C23H22Cl2N2O4/c24-18-13-17-4-5-20(25)21(22(17)26-14-18)23(28)31-19-3-1-2-16(12-19)15-30-11-8-27-6-9-29-10-7-27/h1-5,12-14H,6-11,15H2. The fourth-order valence-electron chi connectivity index (χ4n) is 3.41. The van der Waals surface area contributed by atoms with Crippen molar-refractivity contribution in [2.24, 2.45) is 0 Å². The van der Waals surface area contributed by atoms with Gasteiger partial charge in [0.05, 0.1) is 42.0 Å². The van der Waals surface area contributed by atoms with Crippen molar-refractivity contribution in [3.8, 4) is 5.75 Å². The number of halogens is 2. The van der Waals surface area contributed by atoms with Crippen molar-refractivity contribution in [1.29, 1.82) is 0 Å². The van der Waals surface area contributed by atoms with E-state index in [2.05, 4.69) is 9.88 Å². The van der Waals surface area contributed by atoms with Gasteiger partial charge in [-0.05, 0) is 29.8 Å². The lowest BCUT2D eigenvalue weighted by Crippen LogP contribution is -2.38. The Morgan fingerprint density at radius 1 is 1.13 bits per heavy atom. The van der Waals surface area contributed by atoms with E-state index in [-0.39, 0.29) is 10.6 Å². The van der Waals surface area contributed by atoms with Gasteiger partial charge < -0.3 is 14.2 Å². The number of morpholine rings is 1. The number of carbonyl (C=O) groups is 1. The molecule has 0 atom stereocenters. The molecule has 0 saturated carbocycles. The average molecular weight is 461 g/mol.